The average molecular weight is 360 g/mol. The van der Waals surface area contributed by atoms with E-state index in [1.54, 1.807) is 13.0 Å². The minimum absolute atomic E-state index is 0.192. The maximum atomic E-state index is 12.1. The lowest BCUT2D eigenvalue weighted by atomic mass is 9.66. The van der Waals surface area contributed by atoms with Gasteiger partial charge in [0.2, 0.25) is 0 Å². The van der Waals surface area contributed by atoms with Crippen LogP contribution < -0.4 is 4.74 Å². The summed E-state index contributed by atoms with van der Waals surface area (Å²) in [6.45, 7) is 14.2. The molecule has 1 heterocycles. The van der Waals surface area contributed by atoms with Gasteiger partial charge in [-0.15, -0.1) is 0 Å². The van der Waals surface area contributed by atoms with E-state index in [-0.39, 0.29) is 18.2 Å². The molecule has 6 heteroatoms. The Hall–Kier alpha value is -1.79. The summed E-state index contributed by atoms with van der Waals surface area (Å²) in [6.07, 6.45) is 1.89. The third-order valence-electron chi connectivity index (χ3n) is 4.97. The van der Waals surface area contributed by atoms with Crippen molar-refractivity contribution in [2.75, 3.05) is 13.2 Å². The van der Waals surface area contributed by atoms with Crippen LogP contribution in [0, 0.1) is 0 Å². The predicted octanol–water partition coefficient (Wildman–Crippen LogP) is 3.92. The molecule has 5 nitrogen and oxygen atoms in total. The Kier molecular flexibility index (Phi) is 6.53. The van der Waals surface area contributed by atoms with E-state index in [1.165, 1.54) is 0 Å². The highest BCUT2D eigenvalue weighted by Gasteiger charge is 2.54. The molecule has 0 saturated carbocycles. The van der Waals surface area contributed by atoms with E-state index in [0.29, 0.717) is 13.2 Å². The van der Waals surface area contributed by atoms with E-state index < -0.39 is 18.3 Å². The van der Waals surface area contributed by atoms with Crippen molar-refractivity contribution >= 4 is 13.1 Å². The first-order valence-electron chi connectivity index (χ1n) is 9.05. The van der Waals surface area contributed by atoms with Crippen molar-refractivity contribution in [1.29, 1.82) is 0 Å². The smallest absolute Gasteiger partial charge is 0.466 e. The Morgan fingerprint density at radius 3 is 2.27 bits per heavy atom. The number of rotatable bonds is 8. The largest absolute Gasteiger partial charge is 0.490 e. The summed E-state index contributed by atoms with van der Waals surface area (Å²) in [4.78, 5) is 12.1. The first-order valence-corrected chi connectivity index (χ1v) is 9.05. The van der Waals surface area contributed by atoms with Gasteiger partial charge in [-0.3, -0.25) is 4.79 Å². The Balaban J connectivity index is 2.24. The first kappa shape index (κ1) is 20.5. The number of esters is 1. The second-order valence-electron chi connectivity index (χ2n) is 7.41. The molecule has 0 aromatic heterocycles. The average Bonchev–Trinajstić information content (AvgIpc) is 2.79. The van der Waals surface area contributed by atoms with E-state index in [2.05, 4.69) is 6.58 Å². The second kappa shape index (κ2) is 8.27. The Bertz CT molecular complexity index is 608. The molecule has 1 aromatic carbocycles. The molecule has 142 valence electrons. The van der Waals surface area contributed by atoms with E-state index in [1.807, 2.05) is 52.0 Å². The molecule has 0 amide bonds. The van der Waals surface area contributed by atoms with Gasteiger partial charge in [0.25, 0.3) is 0 Å². The highest BCUT2D eigenvalue weighted by atomic mass is 16.7. The topological polar surface area (TPSA) is 54.0 Å². The van der Waals surface area contributed by atoms with Crippen LogP contribution in [0.15, 0.2) is 36.9 Å². The molecule has 0 radical (unpaired) electrons. The SMILES string of the molecule is C=CCOc1ccc([C@H](CC(=O)OCC)B2OC(C)(C)C(C)(C)O2)cc1. The van der Waals surface area contributed by atoms with E-state index in [4.69, 9.17) is 18.8 Å². The molecule has 1 aliphatic heterocycles. The molecule has 0 N–H and O–H groups in total. The normalized spacial score (nSPS) is 19.0. The van der Waals surface area contributed by atoms with Crippen molar-refractivity contribution in [3.05, 3.63) is 42.5 Å². The van der Waals surface area contributed by atoms with E-state index in [0.717, 1.165) is 11.3 Å². The summed E-state index contributed by atoms with van der Waals surface area (Å²) in [7, 11) is -0.524. The molecule has 0 spiro atoms. The fourth-order valence-electron chi connectivity index (χ4n) is 2.79. The van der Waals surface area contributed by atoms with Crippen LogP contribution in [0.1, 0.15) is 52.4 Å². The minimum atomic E-state index is -0.524. The van der Waals surface area contributed by atoms with Crippen molar-refractivity contribution in [3.63, 3.8) is 0 Å². The molecular formula is C20H29BO5. The summed E-state index contributed by atoms with van der Waals surface area (Å²) in [5.74, 6) is 0.222. The van der Waals surface area contributed by atoms with Gasteiger partial charge in [0.15, 0.2) is 0 Å². The lowest BCUT2D eigenvalue weighted by molar-refractivity contribution is -0.143. The van der Waals surface area contributed by atoms with Crippen molar-refractivity contribution in [2.45, 2.75) is 58.1 Å². The summed E-state index contributed by atoms with van der Waals surface area (Å²) < 4.78 is 23.0. The Labute approximate surface area is 156 Å². The monoisotopic (exact) mass is 360 g/mol. The first-order chi connectivity index (χ1) is 12.2. The standard InChI is InChI=1S/C20H29BO5/c1-7-13-24-16-11-9-15(10-12-16)17(14-18(22)23-8-2)21-25-19(3,4)20(5,6)26-21/h7,9-12,17H,1,8,13-14H2,2-6H3/t17-/m0/s1. The maximum Gasteiger partial charge on any atom is 0.466 e. The summed E-state index contributed by atoms with van der Waals surface area (Å²) >= 11 is 0. The number of hydrogen-bond donors (Lipinski definition) is 0. The molecular weight excluding hydrogens is 331 g/mol. The van der Waals surface area contributed by atoms with Crippen molar-refractivity contribution < 1.29 is 23.6 Å². The summed E-state index contributed by atoms with van der Waals surface area (Å²) in [5, 5.41) is 0. The van der Waals surface area contributed by atoms with Gasteiger partial charge in [-0.25, -0.2) is 0 Å². The zero-order valence-corrected chi connectivity index (χ0v) is 16.4. The van der Waals surface area contributed by atoms with Gasteiger partial charge in [0.1, 0.15) is 12.4 Å². The van der Waals surface area contributed by atoms with E-state index >= 15 is 0 Å². The number of hydrogen-bond acceptors (Lipinski definition) is 5. The molecule has 1 atom stereocenters. The van der Waals surface area contributed by atoms with Gasteiger partial charge in [-0.1, -0.05) is 24.8 Å². The number of carbonyl (C=O) groups is 1. The molecule has 0 aliphatic carbocycles. The van der Waals surface area contributed by atoms with E-state index in [9.17, 15) is 4.79 Å². The molecule has 1 saturated heterocycles. The predicted molar refractivity (Wildman–Crippen MR) is 102 cm³/mol. The van der Waals surface area contributed by atoms with Crippen LogP contribution in [0.5, 0.6) is 5.75 Å². The lowest BCUT2D eigenvalue weighted by Gasteiger charge is -2.32. The number of benzene rings is 1. The molecule has 0 bridgehead atoms. The van der Waals surface area contributed by atoms with Crippen LogP contribution in [-0.2, 0) is 18.8 Å². The van der Waals surface area contributed by atoms with Crippen LogP contribution in [0.2, 0.25) is 0 Å². The van der Waals surface area contributed by atoms with Crippen LogP contribution in [0.25, 0.3) is 0 Å². The van der Waals surface area contributed by atoms with Gasteiger partial charge in [-0.05, 0) is 52.3 Å². The molecule has 26 heavy (non-hydrogen) atoms. The summed E-state index contributed by atoms with van der Waals surface area (Å²) in [6, 6.07) is 7.63. The Morgan fingerprint density at radius 2 is 1.77 bits per heavy atom. The molecule has 2 rings (SSSR count). The van der Waals surface area contributed by atoms with Crippen LogP contribution in [0.4, 0.5) is 0 Å². The van der Waals surface area contributed by atoms with Crippen LogP contribution >= 0.6 is 0 Å². The van der Waals surface area contributed by atoms with Gasteiger partial charge in [0, 0.05) is 5.82 Å². The van der Waals surface area contributed by atoms with Crippen molar-refractivity contribution in [3.8, 4) is 5.75 Å². The summed E-state index contributed by atoms with van der Waals surface area (Å²) in [5.41, 5.74) is 0.0253. The fraction of sp³-hybridized carbons (Fsp3) is 0.550. The fourth-order valence-corrected chi connectivity index (χ4v) is 2.79. The van der Waals surface area contributed by atoms with Gasteiger partial charge < -0.3 is 18.8 Å². The van der Waals surface area contributed by atoms with Gasteiger partial charge >= 0.3 is 13.1 Å². The van der Waals surface area contributed by atoms with Crippen molar-refractivity contribution in [2.24, 2.45) is 0 Å². The zero-order chi connectivity index (χ0) is 19.4. The van der Waals surface area contributed by atoms with Crippen molar-refractivity contribution in [1.82, 2.24) is 0 Å². The maximum absolute atomic E-state index is 12.1. The third kappa shape index (κ3) is 4.68. The lowest BCUT2D eigenvalue weighted by Crippen LogP contribution is -2.41. The number of carbonyl (C=O) groups excluding carboxylic acids is 1. The van der Waals surface area contributed by atoms with Gasteiger partial charge in [-0.2, -0.15) is 0 Å². The molecule has 1 aromatic rings. The van der Waals surface area contributed by atoms with Crippen LogP contribution in [-0.4, -0.2) is 37.5 Å². The minimum Gasteiger partial charge on any atom is -0.490 e. The highest BCUT2D eigenvalue weighted by molar-refractivity contribution is 6.48. The zero-order valence-electron chi connectivity index (χ0n) is 16.4. The van der Waals surface area contributed by atoms with Gasteiger partial charge in [0.05, 0.1) is 24.2 Å². The molecule has 1 fully saturated rings. The molecule has 1 aliphatic rings. The third-order valence-corrected chi connectivity index (χ3v) is 4.97. The van der Waals surface area contributed by atoms with Crippen LogP contribution in [0.3, 0.4) is 0 Å². The highest BCUT2D eigenvalue weighted by Crippen LogP contribution is 2.42. The molecule has 0 unspecified atom stereocenters. The Morgan fingerprint density at radius 1 is 1.19 bits per heavy atom. The number of ether oxygens (including phenoxy) is 2. The quantitative estimate of drug-likeness (QED) is 0.400. The second-order valence-corrected chi connectivity index (χ2v) is 7.41.